The van der Waals surface area contributed by atoms with Crippen molar-refractivity contribution >= 4 is 11.9 Å². The molecule has 0 saturated heterocycles. The summed E-state index contributed by atoms with van der Waals surface area (Å²) in [6, 6.07) is 2.90. The van der Waals surface area contributed by atoms with Gasteiger partial charge in [-0.25, -0.2) is 4.79 Å². The molecule has 0 atom stereocenters. The van der Waals surface area contributed by atoms with E-state index in [2.05, 4.69) is 5.32 Å². The molecule has 0 unspecified atom stereocenters. The summed E-state index contributed by atoms with van der Waals surface area (Å²) in [5.74, 6) is -0.898. The minimum atomic E-state index is -1.12. The smallest absolute Gasteiger partial charge is 0.371 e. The van der Waals surface area contributed by atoms with Gasteiger partial charge in [-0.05, 0) is 26.2 Å². The van der Waals surface area contributed by atoms with Gasteiger partial charge in [0, 0.05) is 13.0 Å². The van der Waals surface area contributed by atoms with Crippen molar-refractivity contribution in [1.82, 2.24) is 10.2 Å². The molecule has 0 saturated carbocycles. The number of carbonyl (C=O) groups is 2. The second-order valence-corrected chi connectivity index (χ2v) is 3.90. The molecule has 6 heteroatoms. The lowest BCUT2D eigenvalue weighted by Gasteiger charge is -2.08. The van der Waals surface area contributed by atoms with Crippen LogP contribution in [-0.2, 0) is 11.3 Å². The summed E-state index contributed by atoms with van der Waals surface area (Å²) in [5, 5.41) is 11.3. The van der Waals surface area contributed by atoms with Gasteiger partial charge in [0.15, 0.2) is 0 Å². The van der Waals surface area contributed by atoms with E-state index in [1.165, 1.54) is 12.1 Å². The Labute approximate surface area is 99.2 Å². The number of carbonyl (C=O) groups excluding carboxylic acids is 1. The van der Waals surface area contributed by atoms with Crippen molar-refractivity contribution in [2.75, 3.05) is 20.6 Å². The van der Waals surface area contributed by atoms with E-state index >= 15 is 0 Å². The molecular formula is C11H16N2O4. The van der Waals surface area contributed by atoms with Crippen LogP contribution in [0.2, 0.25) is 0 Å². The van der Waals surface area contributed by atoms with E-state index in [-0.39, 0.29) is 18.2 Å². The molecule has 0 aliphatic heterocycles. The summed E-state index contributed by atoms with van der Waals surface area (Å²) in [5.41, 5.74) is 0. The zero-order valence-corrected chi connectivity index (χ0v) is 9.90. The molecule has 1 aromatic rings. The Morgan fingerprint density at radius 2 is 2.12 bits per heavy atom. The number of aromatic carboxylic acids is 1. The van der Waals surface area contributed by atoms with Crippen LogP contribution in [0.3, 0.4) is 0 Å². The monoisotopic (exact) mass is 240 g/mol. The van der Waals surface area contributed by atoms with Gasteiger partial charge in [-0.2, -0.15) is 0 Å². The van der Waals surface area contributed by atoms with Crippen molar-refractivity contribution in [2.45, 2.75) is 13.0 Å². The van der Waals surface area contributed by atoms with Crippen molar-refractivity contribution in [3.8, 4) is 0 Å². The van der Waals surface area contributed by atoms with E-state index in [0.717, 1.165) is 0 Å². The highest BCUT2D eigenvalue weighted by atomic mass is 16.4. The summed E-state index contributed by atoms with van der Waals surface area (Å²) >= 11 is 0. The molecule has 1 amide bonds. The van der Waals surface area contributed by atoms with E-state index in [9.17, 15) is 9.59 Å². The number of rotatable bonds is 6. The molecule has 94 valence electrons. The van der Waals surface area contributed by atoms with Crippen molar-refractivity contribution < 1.29 is 19.1 Å². The largest absolute Gasteiger partial charge is 0.475 e. The average Bonchev–Trinajstić information content (AvgIpc) is 2.72. The van der Waals surface area contributed by atoms with Crippen LogP contribution in [0.15, 0.2) is 16.5 Å². The van der Waals surface area contributed by atoms with Gasteiger partial charge >= 0.3 is 5.97 Å². The molecule has 17 heavy (non-hydrogen) atoms. The van der Waals surface area contributed by atoms with E-state index in [1.807, 2.05) is 19.0 Å². The zero-order chi connectivity index (χ0) is 12.8. The third-order valence-electron chi connectivity index (χ3n) is 2.12. The molecule has 0 fully saturated rings. The summed E-state index contributed by atoms with van der Waals surface area (Å²) in [4.78, 5) is 23.8. The maximum absolute atomic E-state index is 11.4. The SMILES string of the molecule is CN(C)CCC(=O)NCc1ccc(C(=O)O)o1. The van der Waals surface area contributed by atoms with Gasteiger partial charge in [0.25, 0.3) is 0 Å². The minimum Gasteiger partial charge on any atom is -0.475 e. The highest BCUT2D eigenvalue weighted by Crippen LogP contribution is 2.07. The van der Waals surface area contributed by atoms with Gasteiger partial charge in [-0.3, -0.25) is 4.79 Å². The number of hydrogen-bond donors (Lipinski definition) is 2. The van der Waals surface area contributed by atoms with Crippen molar-refractivity contribution in [2.24, 2.45) is 0 Å². The Hall–Kier alpha value is -1.82. The fourth-order valence-electron chi connectivity index (χ4n) is 1.19. The second kappa shape index (κ2) is 6.05. The number of nitrogens with one attached hydrogen (secondary N) is 1. The Bertz CT molecular complexity index is 398. The number of carboxylic acid groups (broad SMARTS) is 1. The van der Waals surface area contributed by atoms with Crippen LogP contribution in [0.5, 0.6) is 0 Å². The highest BCUT2D eigenvalue weighted by Gasteiger charge is 2.09. The van der Waals surface area contributed by atoms with Crippen LogP contribution in [0.25, 0.3) is 0 Å². The normalized spacial score (nSPS) is 10.5. The van der Waals surface area contributed by atoms with Crippen LogP contribution in [0.1, 0.15) is 22.7 Å². The standard InChI is InChI=1S/C11H16N2O4/c1-13(2)6-5-10(14)12-7-8-3-4-9(17-8)11(15)16/h3-4H,5-7H2,1-2H3,(H,12,14)(H,15,16). The Kier molecular flexibility index (Phi) is 4.71. The molecular weight excluding hydrogens is 224 g/mol. The Morgan fingerprint density at radius 1 is 1.41 bits per heavy atom. The van der Waals surface area contributed by atoms with E-state index < -0.39 is 5.97 Å². The lowest BCUT2D eigenvalue weighted by atomic mass is 10.3. The van der Waals surface area contributed by atoms with Crippen LogP contribution in [0, 0.1) is 0 Å². The van der Waals surface area contributed by atoms with Crippen molar-refractivity contribution in [3.63, 3.8) is 0 Å². The van der Waals surface area contributed by atoms with Gasteiger partial charge in [-0.1, -0.05) is 0 Å². The molecule has 1 aromatic heterocycles. The number of hydrogen-bond acceptors (Lipinski definition) is 4. The predicted octanol–water partition coefficient (Wildman–Crippen LogP) is 0.546. The van der Waals surface area contributed by atoms with Gasteiger partial charge in [-0.15, -0.1) is 0 Å². The molecule has 0 radical (unpaired) electrons. The second-order valence-electron chi connectivity index (χ2n) is 3.90. The van der Waals surface area contributed by atoms with Crippen LogP contribution in [-0.4, -0.2) is 42.5 Å². The molecule has 1 heterocycles. The first-order chi connectivity index (χ1) is 7.99. The van der Waals surface area contributed by atoms with E-state index in [1.54, 1.807) is 0 Å². The third-order valence-corrected chi connectivity index (χ3v) is 2.12. The molecule has 0 aromatic carbocycles. The lowest BCUT2D eigenvalue weighted by molar-refractivity contribution is -0.121. The van der Waals surface area contributed by atoms with E-state index in [4.69, 9.17) is 9.52 Å². The van der Waals surface area contributed by atoms with Crippen LogP contribution >= 0.6 is 0 Å². The number of amides is 1. The van der Waals surface area contributed by atoms with Gasteiger partial charge in [0.05, 0.1) is 6.54 Å². The van der Waals surface area contributed by atoms with E-state index in [0.29, 0.717) is 18.7 Å². The third kappa shape index (κ3) is 4.69. The minimum absolute atomic E-state index is 0.0908. The molecule has 6 nitrogen and oxygen atoms in total. The number of carboxylic acids is 1. The predicted molar refractivity (Wildman–Crippen MR) is 60.7 cm³/mol. The molecule has 0 bridgehead atoms. The first-order valence-corrected chi connectivity index (χ1v) is 5.22. The van der Waals surface area contributed by atoms with Crippen molar-refractivity contribution in [3.05, 3.63) is 23.7 Å². The lowest BCUT2D eigenvalue weighted by Crippen LogP contribution is -2.26. The summed E-state index contributed by atoms with van der Waals surface area (Å²) in [6.45, 7) is 0.879. The zero-order valence-electron chi connectivity index (χ0n) is 9.90. The average molecular weight is 240 g/mol. The van der Waals surface area contributed by atoms with Crippen LogP contribution in [0.4, 0.5) is 0 Å². The Morgan fingerprint density at radius 3 is 2.65 bits per heavy atom. The quantitative estimate of drug-likeness (QED) is 0.758. The topological polar surface area (TPSA) is 82.8 Å². The maximum atomic E-state index is 11.4. The van der Waals surface area contributed by atoms with Crippen LogP contribution < -0.4 is 5.32 Å². The fourth-order valence-corrected chi connectivity index (χ4v) is 1.19. The molecule has 1 rings (SSSR count). The van der Waals surface area contributed by atoms with Gasteiger partial charge in [0.1, 0.15) is 5.76 Å². The van der Waals surface area contributed by atoms with Gasteiger partial charge in [0.2, 0.25) is 11.7 Å². The maximum Gasteiger partial charge on any atom is 0.371 e. The summed E-state index contributed by atoms with van der Waals surface area (Å²) < 4.78 is 5.00. The fraction of sp³-hybridized carbons (Fsp3) is 0.455. The first kappa shape index (κ1) is 13.2. The molecule has 0 aliphatic rings. The summed E-state index contributed by atoms with van der Waals surface area (Å²) in [6.07, 6.45) is 0.402. The molecule has 2 N–H and O–H groups in total. The first-order valence-electron chi connectivity index (χ1n) is 5.22. The number of furan rings is 1. The molecule has 0 aliphatic carbocycles. The molecule has 0 spiro atoms. The summed E-state index contributed by atoms with van der Waals surface area (Å²) in [7, 11) is 3.78. The highest BCUT2D eigenvalue weighted by molar-refractivity contribution is 5.84. The van der Waals surface area contributed by atoms with Gasteiger partial charge < -0.3 is 19.7 Å². The number of nitrogens with zero attached hydrogens (tertiary/aromatic N) is 1. The Balaban J connectivity index is 2.34. The van der Waals surface area contributed by atoms with Crippen molar-refractivity contribution in [1.29, 1.82) is 0 Å².